The van der Waals surface area contributed by atoms with Gasteiger partial charge in [-0.1, -0.05) is 236 Å². The van der Waals surface area contributed by atoms with Gasteiger partial charge in [0.15, 0.2) is 6.10 Å². The molecule has 62 heavy (non-hydrogen) atoms. The van der Waals surface area contributed by atoms with Crippen LogP contribution in [0.25, 0.3) is 0 Å². The van der Waals surface area contributed by atoms with E-state index in [1.807, 2.05) is 0 Å². The van der Waals surface area contributed by atoms with Crippen molar-refractivity contribution in [2.24, 2.45) is 0 Å². The topological polar surface area (TPSA) is 61.8 Å². The Labute approximate surface area is 386 Å². The molecular formula is C57H104O5. The highest BCUT2D eigenvalue weighted by molar-refractivity contribution is 5.70. The third-order valence-corrected chi connectivity index (χ3v) is 11.8. The summed E-state index contributed by atoms with van der Waals surface area (Å²) in [7, 11) is 0. The summed E-state index contributed by atoms with van der Waals surface area (Å²) in [5.41, 5.74) is 0. The summed E-state index contributed by atoms with van der Waals surface area (Å²) in [5.74, 6) is -0.414. The van der Waals surface area contributed by atoms with E-state index >= 15 is 0 Å². The number of ether oxygens (including phenoxy) is 3. The van der Waals surface area contributed by atoms with E-state index in [1.165, 1.54) is 167 Å². The number of hydrogen-bond donors (Lipinski definition) is 0. The second-order valence-electron chi connectivity index (χ2n) is 18.1. The number of carbonyl (C=O) groups is 2. The molecule has 0 spiro atoms. The molecule has 362 valence electrons. The third-order valence-electron chi connectivity index (χ3n) is 11.8. The highest BCUT2D eigenvalue weighted by atomic mass is 16.6. The van der Waals surface area contributed by atoms with Gasteiger partial charge in [-0.2, -0.15) is 0 Å². The van der Waals surface area contributed by atoms with Gasteiger partial charge in [-0.25, -0.2) is 0 Å². The molecule has 1 unspecified atom stereocenters. The maximum absolute atomic E-state index is 12.8. The van der Waals surface area contributed by atoms with Crippen molar-refractivity contribution in [2.45, 2.75) is 284 Å². The van der Waals surface area contributed by atoms with Gasteiger partial charge in [0.1, 0.15) is 6.61 Å². The lowest BCUT2D eigenvalue weighted by atomic mass is 10.0. The fraction of sp³-hybridized carbons (Fsp3) is 0.825. The van der Waals surface area contributed by atoms with Crippen LogP contribution in [0.2, 0.25) is 0 Å². The molecule has 0 amide bonds. The van der Waals surface area contributed by atoms with Crippen LogP contribution in [0.1, 0.15) is 278 Å². The lowest BCUT2D eigenvalue weighted by Crippen LogP contribution is -2.30. The molecule has 0 radical (unpaired) electrons. The van der Waals surface area contributed by atoms with E-state index in [9.17, 15) is 9.59 Å². The number of unbranched alkanes of at least 4 members (excludes halogenated alkanes) is 31. The predicted octanol–water partition coefficient (Wildman–Crippen LogP) is 18.3. The Hall–Kier alpha value is -2.14. The summed E-state index contributed by atoms with van der Waals surface area (Å²) >= 11 is 0. The molecule has 0 aliphatic heterocycles. The molecular weight excluding hydrogens is 765 g/mol. The minimum absolute atomic E-state index is 0.0763. The first kappa shape index (κ1) is 59.9. The summed E-state index contributed by atoms with van der Waals surface area (Å²) in [6.45, 7) is 7.73. The van der Waals surface area contributed by atoms with Crippen LogP contribution in [0.3, 0.4) is 0 Å². The molecule has 0 bridgehead atoms. The van der Waals surface area contributed by atoms with Crippen LogP contribution in [-0.4, -0.2) is 37.9 Å². The van der Waals surface area contributed by atoms with E-state index in [2.05, 4.69) is 69.4 Å². The molecule has 0 saturated heterocycles. The van der Waals surface area contributed by atoms with Gasteiger partial charge in [-0.15, -0.1) is 0 Å². The van der Waals surface area contributed by atoms with E-state index in [4.69, 9.17) is 14.2 Å². The second-order valence-corrected chi connectivity index (χ2v) is 18.1. The van der Waals surface area contributed by atoms with Gasteiger partial charge >= 0.3 is 11.9 Å². The summed E-state index contributed by atoms with van der Waals surface area (Å²) in [6.07, 6.45) is 65.5. The van der Waals surface area contributed by atoms with E-state index in [0.717, 1.165) is 77.0 Å². The van der Waals surface area contributed by atoms with Gasteiger partial charge in [0.25, 0.3) is 0 Å². The van der Waals surface area contributed by atoms with Crippen molar-refractivity contribution in [3.63, 3.8) is 0 Å². The summed E-state index contributed by atoms with van der Waals surface area (Å²) in [4.78, 5) is 25.4. The van der Waals surface area contributed by atoms with Crippen molar-refractivity contribution in [3.8, 4) is 0 Å². The average Bonchev–Trinajstić information content (AvgIpc) is 3.27. The maximum Gasteiger partial charge on any atom is 0.306 e. The lowest BCUT2D eigenvalue weighted by Gasteiger charge is -2.18. The summed E-state index contributed by atoms with van der Waals surface area (Å²) < 4.78 is 17.4. The molecule has 0 aromatic heterocycles. The quantitative estimate of drug-likeness (QED) is 0.0346. The van der Waals surface area contributed by atoms with Crippen molar-refractivity contribution >= 4 is 11.9 Å². The fourth-order valence-corrected chi connectivity index (χ4v) is 7.81. The first-order valence-corrected chi connectivity index (χ1v) is 27.2. The third kappa shape index (κ3) is 50.5. The standard InChI is InChI=1S/C57H104O5/c1-4-7-10-13-16-19-22-25-28-31-34-37-40-43-46-49-52-60-53-55(62-57(59)51-48-45-42-39-36-33-30-27-24-21-18-15-12-9-6-3)54-61-56(58)50-47-44-41-38-35-32-29-26-23-20-17-14-11-8-5-2/h8,11,17,20,26-27,29-30,55H,4-7,9-10,12-16,18-19,21-25,28,31-54H2,1-3H3/b11-8-,20-17-,29-26-,30-27-. The number of allylic oxidation sites excluding steroid dienone is 8. The highest BCUT2D eigenvalue weighted by Gasteiger charge is 2.17. The van der Waals surface area contributed by atoms with Gasteiger partial charge in [0, 0.05) is 19.4 Å². The van der Waals surface area contributed by atoms with Crippen LogP contribution >= 0.6 is 0 Å². The monoisotopic (exact) mass is 869 g/mol. The average molecular weight is 869 g/mol. The fourth-order valence-electron chi connectivity index (χ4n) is 7.81. The van der Waals surface area contributed by atoms with Crippen molar-refractivity contribution in [1.29, 1.82) is 0 Å². The molecule has 5 nitrogen and oxygen atoms in total. The first-order chi connectivity index (χ1) is 30.6. The molecule has 5 heteroatoms. The molecule has 0 N–H and O–H groups in total. The molecule has 0 aliphatic rings. The minimum atomic E-state index is -0.544. The zero-order valence-corrected chi connectivity index (χ0v) is 41.6. The lowest BCUT2D eigenvalue weighted by molar-refractivity contribution is -0.163. The number of esters is 2. The molecule has 1 atom stereocenters. The van der Waals surface area contributed by atoms with Gasteiger partial charge in [0.05, 0.1) is 6.61 Å². The Morgan fingerprint density at radius 2 is 0.726 bits per heavy atom. The maximum atomic E-state index is 12.8. The Kier molecular flexibility index (Phi) is 51.4. The van der Waals surface area contributed by atoms with E-state index < -0.39 is 6.10 Å². The van der Waals surface area contributed by atoms with E-state index in [0.29, 0.717) is 19.4 Å². The smallest absolute Gasteiger partial charge is 0.306 e. The van der Waals surface area contributed by atoms with Crippen LogP contribution in [-0.2, 0) is 23.8 Å². The largest absolute Gasteiger partial charge is 0.462 e. The molecule has 0 rings (SSSR count). The number of hydrogen-bond acceptors (Lipinski definition) is 5. The van der Waals surface area contributed by atoms with Crippen molar-refractivity contribution in [3.05, 3.63) is 48.6 Å². The Morgan fingerprint density at radius 1 is 0.371 bits per heavy atom. The summed E-state index contributed by atoms with van der Waals surface area (Å²) in [5, 5.41) is 0. The zero-order chi connectivity index (χ0) is 44.9. The van der Waals surface area contributed by atoms with Crippen LogP contribution in [0.5, 0.6) is 0 Å². The molecule has 0 aliphatic carbocycles. The minimum Gasteiger partial charge on any atom is -0.462 e. The van der Waals surface area contributed by atoms with E-state index in [1.54, 1.807) is 0 Å². The van der Waals surface area contributed by atoms with Crippen molar-refractivity contribution in [1.82, 2.24) is 0 Å². The number of rotatable bonds is 50. The number of carbonyl (C=O) groups excluding carboxylic acids is 2. The van der Waals surface area contributed by atoms with Crippen molar-refractivity contribution in [2.75, 3.05) is 19.8 Å². The molecule has 0 fully saturated rings. The predicted molar refractivity (Wildman–Crippen MR) is 270 cm³/mol. The van der Waals surface area contributed by atoms with Crippen LogP contribution in [0, 0.1) is 0 Å². The van der Waals surface area contributed by atoms with E-state index in [-0.39, 0.29) is 25.2 Å². The normalized spacial score (nSPS) is 12.5. The molecule has 0 heterocycles. The van der Waals surface area contributed by atoms with Crippen molar-refractivity contribution < 1.29 is 23.8 Å². The van der Waals surface area contributed by atoms with Gasteiger partial charge < -0.3 is 14.2 Å². The Balaban J connectivity index is 4.28. The van der Waals surface area contributed by atoms with Crippen LogP contribution in [0.4, 0.5) is 0 Å². The SMILES string of the molecule is CC/C=C\C/C=C\C/C=C\CCCCCCCC(=O)OCC(COCCCCCCCCCCCCCCCCCC)OC(=O)CCCCCCC/C=C\CCCCCCCC. The van der Waals surface area contributed by atoms with Crippen LogP contribution < -0.4 is 0 Å². The second kappa shape index (κ2) is 53.2. The first-order valence-electron chi connectivity index (χ1n) is 27.2. The van der Waals surface area contributed by atoms with Gasteiger partial charge in [-0.3, -0.25) is 9.59 Å². The molecule has 0 aromatic carbocycles. The zero-order valence-electron chi connectivity index (χ0n) is 41.6. The Morgan fingerprint density at radius 3 is 1.18 bits per heavy atom. The molecule has 0 saturated carbocycles. The van der Waals surface area contributed by atoms with Crippen LogP contribution in [0.15, 0.2) is 48.6 Å². The Bertz CT molecular complexity index is 1030. The van der Waals surface area contributed by atoms with Gasteiger partial charge in [-0.05, 0) is 77.0 Å². The highest BCUT2D eigenvalue weighted by Crippen LogP contribution is 2.15. The van der Waals surface area contributed by atoms with Gasteiger partial charge in [0.2, 0.25) is 0 Å². The summed E-state index contributed by atoms with van der Waals surface area (Å²) in [6, 6.07) is 0. The molecule has 0 aromatic rings.